The molecule has 4 nitrogen and oxygen atoms in total. The van der Waals surface area contributed by atoms with Gasteiger partial charge in [0.15, 0.2) is 0 Å². The predicted molar refractivity (Wildman–Crippen MR) is 85.1 cm³/mol. The summed E-state index contributed by atoms with van der Waals surface area (Å²) in [6.07, 6.45) is 3.95. The van der Waals surface area contributed by atoms with E-state index in [0.29, 0.717) is 0 Å². The molecule has 0 atom stereocenters. The van der Waals surface area contributed by atoms with Crippen LogP contribution in [0.25, 0.3) is 0 Å². The second-order valence-corrected chi connectivity index (χ2v) is 5.77. The Labute approximate surface area is 127 Å². The number of benzene rings is 1. The molecule has 1 aliphatic heterocycles. The van der Waals surface area contributed by atoms with Crippen LogP contribution in [-0.4, -0.2) is 52.1 Å². The van der Waals surface area contributed by atoms with E-state index < -0.39 is 0 Å². The van der Waals surface area contributed by atoms with Crippen molar-refractivity contribution >= 4 is 0 Å². The summed E-state index contributed by atoms with van der Waals surface area (Å²) >= 11 is 0. The number of nitrogens with zero attached hydrogens (tertiary/aromatic N) is 4. The number of piperazine rings is 1. The van der Waals surface area contributed by atoms with Crippen LogP contribution in [0.3, 0.4) is 0 Å². The highest BCUT2D eigenvalue weighted by molar-refractivity contribution is 5.14. The van der Waals surface area contributed by atoms with Gasteiger partial charge in [-0.15, -0.1) is 0 Å². The maximum Gasteiger partial charge on any atom is 0.105 e. The molecule has 0 aliphatic carbocycles. The number of aryl methyl sites for hydroxylation is 1. The lowest BCUT2D eigenvalue weighted by atomic mass is 10.2. The molecule has 1 aliphatic rings. The highest BCUT2D eigenvalue weighted by Crippen LogP contribution is 2.08. The molecule has 112 valence electrons. The fraction of sp³-hybridized carbons (Fsp3) is 0.471. The van der Waals surface area contributed by atoms with E-state index in [1.54, 1.807) is 0 Å². The summed E-state index contributed by atoms with van der Waals surface area (Å²) in [5.41, 5.74) is 1.42. The molecule has 4 heteroatoms. The third kappa shape index (κ3) is 3.93. The molecular weight excluding hydrogens is 260 g/mol. The molecule has 0 unspecified atom stereocenters. The lowest BCUT2D eigenvalue weighted by Crippen LogP contribution is -2.46. The fourth-order valence-electron chi connectivity index (χ4n) is 2.90. The molecule has 0 bridgehead atoms. The van der Waals surface area contributed by atoms with Crippen LogP contribution in [0.4, 0.5) is 0 Å². The Morgan fingerprint density at radius 2 is 1.67 bits per heavy atom. The molecule has 1 aromatic heterocycles. The third-order valence-electron chi connectivity index (χ3n) is 4.29. The maximum atomic E-state index is 4.28. The number of hydrogen-bond donors (Lipinski definition) is 0. The molecule has 2 heterocycles. The van der Waals surface area contributed by atoms with Gasteiger partial charge in [0.05, 0.1) is 0 Å². The van der Waals surface area contributed by atoms with E-state index in [1.165, 1.54) is 18.7 Å². The maximum absolute atomic E-state index is 4.28. The zero-order valence-electron chi connectivity index (χ0n) is 12.8. The summed E-state index contributed by atoms with van der Waals surface area (Å²) in [7, 11) is 0. The monoisotopic (exact) mass is 284 g/mol. The lowest BCUT2D eigenvalue weighted by molar-refractivity contribution is 0.124. The van der Waals surface area contributed by atoms with Gasteiger partial charge < -0.3 is 4.57 Å². The van der Waals surface area contributed by atoms with Crippen molar-refractivity contribution in [3.63, 3.8) is 0 Å². The van der Waals surface area contributed by atoms with Crippen molar-refractivity contribution in [1.82, 2.24) is 19.4 Å². The summed E-state index contributed by atoms with van der Waals surface area (Å²) in [6.45, 7) is 9.98. The SMILES string of the molecule is Cc1nccn1CCN1CCN(Cc2ccccc2)CC1. The fourth-order valence-corrected chi connectivity index (χ4v) is 2.90. The quantitative estimate of drug-likeness (QED) is 0.839. The minimum Gasteiger partial charge on any atom is -0.334 e. The molecular formula is C17H24N4. The van der Waals surface area contributed by atoms with Crippen molar-refractivity contribution in [3.05, 3.63) is 54.1 Å². The van der Waals surface area contributed by atoms with Crippen LogP contribution < -0.4 is 0 Å². The average Bonchev–Trinajstić information content (AvgIpc) is 2.93. The van der Waals surface area contributed by atoms with E-state index in [-0.39, 0.29) is 0 Å². The molecule has 0 spiro atoms. The topological polar surface area (TPSA) is 24.3 Å². The highest BCUT2D eigenvalue weighted by Gasteiger charge is 2.16. The van der Waals surface area contributed by atoms with Gasteiger partial charge in [0.1, 0.15) is 5.82 Å². The van der Waals surface area contributed by atoms with Crippen LogP contribution >= 0.6 is 0 Å². The van der Waals surface area contributed by atoms with Crippen molar-refractivity contribution in [2.24, 2.45) is 0 Å². The van der Waals surface area contributed by atoms with Crippen LogP contribution in [0.2, 0.25) is 0 Å². The molecule has 2 aromatic rings. The van der Waals surface area contributed by atoms with E-state index in [2.05, 4.69) is 62.8 Å². The second-order valence-electron chi connectivity index (χ2n) is 5.77. The van der Waals surface area contributed by atoms with Gasteiger partial charge in [0.2, 0.25) is 0 Å². The van der Waals surface area contributed by atoms with Gasteiger partial charge in [-0.2, -0.15) is 0 Å². The molecule has 1 fully saturated rings. The molecule has 1 saturated heterocycles. The minimum atomic E-state index is 1.05. The van der Waals surface area contributed by atoms with Crippen LogP contribution in [-0.2, 0) is 13.1 Å². The van der Waals surface area contributed by atoms with Gasteiger partial charge >= 0.3 is 0 Å². The molecule has 0 N–H and O–H groups in total. The van der Waals surface area contributed by atoms with Crippen LogP contribution in [0.15, 0.2) is 42.7 Å². The molecule has 0 radical (unpaired) electrons. The third-order valence-corrected chi connectivity index (χ3v) is 4.29. The van der Waals surface area contributed by atoms with E-state index >= 15 is 0 Å². The first kappa shape index (κ1) is 14.3. The number of imidazole rings is 1. The summed E-state index contributed by atoms with van der Waals surface area (Å²) in [4.78, 5) is 9.38. The Morgan fingerprint density at radius 3 is 2.33 bits per heavy atom. The average molecular weight is 284 g/mol. The number of hydrogen-bond acceptors (Lipinski definition) is 3. The predicted octanol–water partition coefficient (Wildman–Crippen LogP) is 2.01. The van der Waals surface area contributed by atoms with E-state index in [9.17, 15) is 0 Å². The first-order valence-electron chi connectivity index (χ1n) is 7.77. The Hall–Kier alpha value is -1.65. The Kier molecular flexibility index (Phi) is 4.68. The Balaban J connectivity index is 1.42. The van der Waals surface area contributed by atoms with Gasteiger partial charge in [0.25, 0.3) is 0 Å². The van der Waals surface area contributed by atoms with Crippen LogP contribution in [0, 0.1) is 6.92 Å². The van der Waals surface area contributed by atoms with Crippen molar-refractivity contribution < 1.29 is 0 Å². The zero-order chi connectivity index (χ0) is 14.5. The van der Waals surface area contributed by atoms with Gasteiger partial charge in [-0.05, 0) is 12.5 Å². The van der Waals surface area contributed by atoms with Crippen molar-refractivity contribution in [1.29, 1.82) is 0 Å². The van der Waals surface area contributed by atoms with Crippen molar-refractivity contribution in [2.45, 2.75) is 20.0 Å². The van der Waals surface area contributed by atoms with Crippen LogP contribution in [0.5, 0.6) is 0 Å². The highest BCUT2D eigenvalue weighted by atomic mass is 15.3. The van der Waals surface area contributed by atoms with Gasteiger partial charge in [-0.3, -0.25) is 9.80 Å². The first-order chi connectivity index (χ1) is 10.3. The standard InChI is InChI=1S/C17H24N4/c1-16-18-7-8-21(16)14-13-19-9-11-20(12-10-19)15-17-5-3-2-4-6-17/h2-8H,9-15H2,1H3. The van der Waals surface area contributed by atoms with E-state index in [4.69, 9.17) is 0 Å². The number of rotatable bonds is 5. The lowest BCUT2D eigenvalue weighted by Gasteiger charge is -2.34. The summed E-state index contributed by atoms with van der Waals surface area (Å²) in [5.74, 6) is 1.11. The van der Waals surface area contributed by atoms with E-state index in [1.807, 2.05) is 6.20 Å². The van der Waals surface area contributed by atoms with Gasteiger partial charge in [0, 0.05) is 58.2 Å². The molecule has 0 amide bonds. The largest absolute Gasteiger partial charge is 0.334 e. The summed E-state index contributed by atoms with van der Waals surface area (Å²) in [6, 6.07) is 10.8. The van der Waals surface area contributed by atoms with Crippen molar-refractivity contribution in [2.75, 3.05) is 32.7 Å². The Morgan fingerprint density at radius 1 is 0.952 bits per heavy atom. The smallest absolute Gasteiger partial charge is 0.105 e. The minimum absolute atomic E-state index is 1.05. The zero-order valence-corrected chi connectivity index (χ0v) is 12.8. The van der Waals surface area contributed by atoms with Gasteiger partial charge in [-0.1, -0.05) is 30.3 Å². The molecule has 1 aromatic carbocycles. The summed E-state index contributed by atoms with van der Waals surface area (Å²) in [5, 5.41) is 0. The summed E-state index contributed by atoms with van der Waals surface area (Å²) < 4.78 is 2.23. The normalized spacial score (nSPS) is 17.2. The first-order valence-corrected chi connectivity index (χ1v) is 7.77. The van der Waals surface area contributed by atoms with Crippen molar-refractivity contribution in [3.8, 4) is 0 Å². The number of aromatic nitrogens is 2. The molecule has 3 rings (SSSR count). The second kappa shape index (κ2) is 6.87. The molecule has 21 heavy (non-hydrogen) atoms. The van der Waals surface area contributed by atoms with Gasteiger partial charge in [-0.25, -0.2) is 4.98 Å². The van der Waals surface area contributed by atoms with Crippen LogP contribution in [0.1, 0.15) is 11.4 Å². The Bertz CT molecular complexity index is 541. The molecule has 0 saturated carbocycles. The van der Waals surface area contributed by atoms with E-state index in [0.717, 1.165) is 38.5 Å².